The van der Waals surface area contributed by atoms with Gasteiger partial charge in [-0.2, -0.15) is 0 Å². The fraction of sp³-hybridized carbons (Fsp3) is 0.565. The molecule has 1 aromatic carbocycles. The molecule has 0 spiro atoms. The van der Waals surface area contributed by atoms with Crippen LogP contribution in [-0.2, 0) is 11.3 Å². The maximum absolute atomic E-state index is 12.6. The highest BCUT2D eigenvalue weighted by Crippen LogP contribution is 2.37. The quantitative estimate of drug-likeness (QED) is 0.609. The SMILES string of the molecule is CC(C)=CCn1c(N2CCC3CN(C(=O)OC(C)(C)C)CC32)nc2ccc(N)cc21. The van der Waals surface area contributed by atoms with Crippen LogP contribution >= 0.6 is 0 Å². The van der Waals surface area contributed by atoms with E-state index in [0.717, 1.165) is 48.7 Å². The van der Waals surface area contributed by atoms with Crippen LogP contribution in [0.1, 0.15) is 41.0 Å². The van der Waals surface area contributed by atoms with E-state index < -0.39 is 5.60 Å². The smallest absolute Gasteiger partial charge is 0.410 e. The van der Waals surface area contributed by atoms with Gasteiger partial charge in [-0.25, -0.2) is 9.78 Å². The number of aromatic nitrogens is 2. The van der Waals surface area contributed by atoms with Crippen molar-refractivity contribution in [3.05, 3.63) is 29.8 Å². The molecule has 30 heavy (non-hydrogen) atoms. The first-order valence-electron chi connectivity index (χ1n) is 10.8. The molecular formula is C23H33N5O2. The van der Waals surface area contributed by atoms with Crippen molar-refractivity contribution in [1.82, 2.24) is 14.5 Å². The Morgan fingerprint density at radius 3 is 2.77 bits per heavy atom. The summed E-state index contributed by atoms with van der Waals surface area (Å²) in [5.74, 6) is 1.41. The molecule has 2 N–H and O–H groups in total. The second-order valence-electron chi connectivity index (χ2n) is 9.75. The van der Waals surface area contributed by atoms with E-state index in [1.54, 1.807) is 0 Å². The summed E-state index contributed by atoms with van der Waals surface area (Å²) < 4.78 is 7.85. The van der Waals surface area contributed by atoms with Crippen LogP contribution in [0.3, 0.4) is 0 Å². The van der Waals surface area contributed by atoms with E-state index >= 15 is 0 Å². The summed E-state index contributed by atoms with van der Waals surface area (Å²) in [7, 11) is 0. The number of ether oxygens (including phenoxy) is 1. The average Bonchev–Trinajstić information content (AvgIpc) is 3.30. The van der Waals surface area contributed by atoms with Crippen molar-refractivity contribution < 1.29 is 9.53 Å². The minimum absolute atomic E-state index is 0.220. The fourth-order valence-corrected chi connectivity index (χ4v) is 4.49. The number of nitrogens with zero attached hydrogens (tertiary/aromatic N) is 4. The van der Waals surface area contributed by atoms with Crippen molar-refractivity contribution in [3.8, 4) is 0 Å². The molecule has 0 radical (unpaired) electrons. The maximum Gasteiger partial charge on any atom is 0.410 e. The normalized spacial score (nSPS) is 21.2. The number of imidazole rings is 1. The first kappa shape index (κ1) is 20.6. The molecule has 3 heterocycles. The number of carbonyl (C=O) groups is 1. The topological polar surface area (TPSA) is 76.6 Å². The maximum atomic E-state index is 12.6. The number of hydrogen-bond acceptors (Lipinski definition) is 5. The molecule has 7 nitrogen and oxygen atoms in total. The second kappa shape index (κ2) is 7.52. The molecule has 4 rings (SSSR count). The van der Waals surface area contributed by atoms with E-state index in [1.807, 2.05) is 43.9 Å². The summed E-state index contributed by atoms with van der Waals surface area (Å²) in [5, 5.41) is 0. The summed E-state index contributed by atoms with van der Waals surface area (Å²) in [6.45, 7) is 13.1. The lowest BCUT2D eigenvalue weighted by atomic mass is 10.1. The molecular weight excluding hydrogens is 378 g/mol. The van der Waals surface area contributed by atoms with Crippen LogP contribution in [0.15, 0.2) is 29.8 Å². The first-order valence-corrected chi connectivity index (χ1v) is 10.8. The number of carbonyl (C=O) groups excluding carboxylic acids is 1. The zero-order chi connectivity index (χ0) is 21.6. The predicted molar refractivity (Wildman–Crippen MR) is 121 cm³/mol. The molecule has 162 valence electrons. The van der Waals surface area contributed by atoms with Gasteiger partial charge in [-0.05, 0) is 59.2 Å². The van der Waals surface area contributed by atoms with Gasteiger partial charge < -0.3 is 24.8 Å². The van der Waals surface area contributed by atoms with Gasteiger partial charge in [0.05, 0.1) is 17.1 Å². The number of amides is 1. The highest BCUT2D eigenvalue weighted by atomic mass is 16.6. The van der Waals surface area contributed by atoms with Crippen LogP contribution in [0.25, 0.3) is 11.0 Å². The van der Waals surface area contributed by atoms with Crippen molar-refractivity contribution in [1.29, 1.82) is 0 Å². The molecule has 0 bridgehead atoms. The van der Waals surface area contributed by atoms with Crippen LogP contribution in [0.5, 0.6) is 0 Å². The summed E-state index contributed by atoms with van der Waals surface area (Å²) >= 11 is 0. The highest BCUT2D eigenvalue weighted by molar-refractivity contribution is 5.82. The lowest BCUT2D eigenvalue weighted by Crippen LogP contribution is -2.40. The van der Waals surface area contributed by atoms with Crippen molar-refractivity contribution >= 4 is 28.8 Å². The lowest BCUT2D eigenvalue weighted by Gasteiger charge is -2.28. The molecule has 2 saturated heterocycles. The van der Waals surface area contributed by atoms with E-state index in [-0.39, 0.29) is 12.1 Å². The number of fused-ring (bicyclic) bond motifs is 2. The van der Waals surface area contributed by atoms with Gasteiger partial charge in [-0.15, -0.1) is 0 Å². The third-order valence-corrected chi connectivity index (χ3v) is 5.89. The van der Waals surface area contributed by atoms with Crippen LogP contribution in [0.2, 0.25) is 0 Å². The Bertz CT molecular complexity index is 983. The van der Waals surface area contributed by atoms with Crippen LogP contribution in [0, 0.1) is 5.92 Å². The molecule has 0 aliphatic carbocycles. The molecule has 2 atom stereocenters. The number of benzene rings is 1. The molecule has 2 aromatic rings. The highest BCUT2D eigenvalue weighted by Gasteiger charge is 2.45. The van der Waals surface area contributed by atoms with Crippen molar-refractivity contribution in [2.24, 2.45) is 5.92 Å². The lowest BCUT2D eigenvalue weighted by molar-refractivity contribution is 0.0284. The van der Waals surface area contributed by atoms with Crippen LogP contribution in [0.4, 0.5) is 16.4 Å². The van der Waals surface area contributed by atoms with Gasteiger partial charge in [-0.3, -0.25) is 0 Å². The third kappa shape index (κ3) is 3.98. The predicted octanol–water partition coefficient (Wildman–Crippen LogP) is 4.03. The molecule has 1 aromatic heterocycles. The largest absolute Gasteiger partial charge is 0.444 e. The Labute approximate surface area is 178 Å². The van der Waals surface area contributed by atoms with Gasteiger partial charge in [-0.1, -0.05) is 11.6 Å². The molecule has 0 saturated carbocycles. The zero-order valence-corrected chi connectivity index (χ0v) is 18.7. The molecule has 2 aliphatic heterocycles. The number of nitrogen functional groups attached to an aromatic ring is 1. The van der Waals surface area contributed by atoms with Crippen LogP contribution < -0.4 is 10.6 Å². The number of nitrogens with two attached hydrogens (primary N) is 1. The summed E-state index contributed by atoms with van der Waals surface area (Å²) in [6, 6.07) is 6.15. The minimum Gasteiger partial charge on any atom is -0.444 e. The van der Waals surface area contributed by atoms with E-state index in [4.69, 9.17) is 15.5 Å². The number of likely N-dealkylation sites (tertiary alicyclic amines) is 1. The van der Waals surface area contributed by atoms with E-state index in [9.17, 15) is 4.79 Å². The van der Waals surface area contributed by atoms with Gasteiger partial charge in [0.1, 0.15) is 5.60 Å². The summed E-state index contributed by atoms with van der Waals surface area (Å²) in [4.78, 5) is 21.8. The molecule has 2 aliphatic rings. The number of rotatable bonds is 3. The number of allylic oxidation sites excluding steroid dienone is 2. The zero-order valence-electron chi connectivity index (χ0n) is 18.7. The second-order valence-corrected chi connectivity index (χ2v) is 9.75. The fourth-order valence-electron chi connectivity index (χ4n) is 4.49. The Balaban J connectivity index is 1.63. The van der Waals surface area contributed by atoms with E-state index in [1.165, 1.54) is 5.57 Å². The minimum atomic E-state index is -0.479. The Hall–Kier alpha value is -2.70. The van der Waals surface area contributed by atoms with Gasteiger partial charge in [0, 0.05) is 37.8 Å². The molecule has 2 fully saturated rings. The molecule has 7 heteroatoms. The van der Waals surface area contributed by atoms with Crippen molar-refractivity contribution in [2.75, 3.05) is 30.3 Å². The van der Waals surface area contributed by atoms with Gasteiger partial charge in [0.2, 0.25) is 5.95 Å². The van der Waals surface area contributed by atoms with E-state index in [0.29, 0.717) is 12.5 Å². The Morgan fingerprint density at radius 1 is 1.30 bits per heavy atom. The molecule has 1 amide bonds. The van der Waals surface area contributed by atoms with Crippen molar-refractivity contribution in [2.45, 2.75) is 59.2 Å². The molecule has 2 unspecified atom stereocenters. The Morgan fingerprint density at radius 2 is 2.07 bits per heavy atom. The standard InChI is InChI=1S/C23H33N5O2/c1-15(2)8-10-27-19-12-17(24)6-7-18(19)25-21(27)28-11-9-16-13-26(14-20(16)28)22(29)30-23(3,4)5/h6-8,12,16,20H,9-11,13-14,24H2,1-5H3. The summed E-state index contributed by atoms with van der Waals surface area (Å²) in [6.07, 6.45) is 3.05. The number of anilines is 2. The van der Waals surface area contributed by atoms with Crippen LogP contribution in [-0.4, -0.2) is 51.8 Å². The third-order valence-electron chi connectivity index (χ3n) is 5.89. The first-order chi connectivity index (χ1) is 14.1. The average molecular weight is 412 g/mol. The van der Waals surface area contributed by atoms with Gasteiger partial charge in [0.15, 0.2) is 0 Å². The van der Waals surface area contributed by atoms with E-state index in [2.05, 4.69) is 29.4 Å². The van der Waals surface area contributed by atoms with Gasteiger partial charge in [0.25, 0.3) is 0 Å². The number of hydrogen-bond donors (Lipinski definition) is 1. The summed E-state index contributed by atoms with van der Waals surface area (Å²) in [5.41, 5.74) is 9.60. The monoisotopic (exact) mass is 411 g/mol. The van der Waals surface area contributed by atoms with Crippen molar-refractivity contribution in [3.63, 3.8) is 0 Å². The Kier molecular flexibility index (Phi) is 5.16. The van der Waals surface area contributed by atoms with Gasteiger partial charge >= 0.3 is 6.09 Å².